The van der Waals surface area contributed by atoms with Gasteiger partial charge in [-0.2, -0.15) is 11.8 Å². The molecule has 0 aromatic heterocycles. The minimum absolute atomic E-state index is 0.150. The van der Waals surface area contributed by atoms with E-state index in [2.05, 4.69) is 23.5 Å². The maximum absolute atomic E-state index is 10.9. The summed E-state index contributed by atoms with van der Waals surface area (Å²) in [5, 5.41) is 0. The van der Waals surface area contributed by atoms with Crippen molar-refractivity contribution in [3.8, 4) is 0 Å². The fraction of sp³-hybridized carbons (Fsp3) is 0.889. The van der Waals surface area contributed by atoms with Gasteiger partial charge in [0.15, 0.2) is 0 Å². The molecule has 0 aromatic carbocycles. The maximum Gasteiger partial charge on any atom is 0.319 e. The summed E-state index contributed by atoms with van der Waals surface area (Å²) in [7, 11) is 1.43. The molecule has 0 spiro atoms. The maximum atomic E-state index is 10.9. The van der Waals surface area contributed by atoms with E-state index in [1.54, 1.807) is 0 Å². The quantitative estimate of drug-likeness (QED) is 0.462. The molecule has 0 fully saturated rings. The molecule has 0 aliphatic heterocycles. The molecule has 0 heterocycles. The highest BCUT2D eigenvalue weighted by molar-refractivity contribution is 7.99. The van der Waals surface area contributed by atoms with Crippen LogP contribution in [0.1, 0.15) is 13.8 Å². The highest BCUT2D eigenvalue weighted by Crippen LogP contribution is 1.99. The Morgan fingerprint density at radius 3 is 2.62 bits per heavy atom. The zero-order chi connectivity index (χ0) is 10.1. The van der Waals surface area contributed by atoms with Gasteiger partial charge in [0, 0.05) is 12.3 Å². The SMILES string of the molecule is CCSCCN(CC)CC(=O)OC. The van der Waals surface area contributed by atoms with E-state index in [4.69, 9.17) is 0 Å². The lowest BCUT2D eigenvalue weighted by Gasteiger charge is -2.17. The molecule has 4 heteroatoms. The van der Waals surface area contributed by atoms with Crippen molar-refractivity contribution >= 4 is 17.7 Å². The fourth-order valence-electron chi connectivity index (χ4n) is 0.934. The van der Waals surface area contributed by atoms with Crippen molar-refractivity contribution in [2.75, 3.05) is 38.2 Å². The van der Waals surface area contributed by atoms with Gasteiger partial charge in [-0.3, -0.25) is 9.69 Å². The standard InChI is InChI=1S/C9H19NO2S/c1-4-10(6-7-13-5-2)8-9(11)12-3/h4-8H2,1-3H3. The molecule has 0 aliphatic carbocycles. The first-order chi connectivity index (χ1) is 6.24. The highest BCUT2D eigenvalue weighted by atomic mass is 32.2. The molecule has 0 amide bonds. The lowest BCUT2D eigenvalue weighted by molar-refractivity contribution is -0.141. The Kier molecular flexibility index (Phi) is 8.24. The predicted molar refractivity (Wildman–Crippen MR) is 57.1 cm³/mol. The van der Waals surface area contributed by atoms with Gasteiger partial charge < -0.3 is 4.74 Å². The molecule has 0 saturated heterocycles. The van der Waals surface area contributed by atoms with Gasteiger partial charge in [0.05, 0.1) is 13.7 Å². The van der Waals surface area contributed by atoms with Crippen molar-refractivity contribution in [3.63, 3.8) is 0 Å². The van der Waals surface area contributed by atoms with Crippen LogP contribution in [0.2, 0.25) is 0 Å². The van der Waals surface area contributed by atoms with E-state index in [9.17, 15) is 4.79 Å². The number of esters is 1. The first-order valence-electron chi connectivity index (χ1n) is 4.61. The van der Waals surface area contributed by atoms with Gasteiger partial charge in [0.2, 0.25) is 0 Å². The van der Waals surface area contributed by atoms with Crippen molar-refractivity contribution in [1.29, 1.82) is 0 Å². The molecular weight excluding hydrogens is 186 g/mol. The van der Waals surface area contributed by atoms with Gasteiger partial charge >= 0.3 is 5.97 Å². The van der Waals surface area contributed by atoms with Gasteiger partial charge in [-0.25, -0.2) is 0 Å². The molecule has 0 rings (SSSR count). The summed E-state index contributed by atoms with van der Waals surface area (Å²) in [6.07, 6.45) is 0. The van der Waals surface area contributed by atoms with Gasteiger partial charge in [-0.05, 0) is 12.3 Å². The van der Waals surface area contributed by atoms with E-state index in [-0.39, 0.29) is 5.97 Å². The molecular formula is C9H19NO2S. The molecule has 3 nitrogen and oxygen atoms in total. The van der Waals surface area contributed by atoms with Crippen molar-refractivity contribution in [2.24, 2.45) is 0 Å². The first-order valence-corrected chi connectivity index (χ1v) is 5.76. The smallest absolute Gasteiger partial charge is 0.319 e. The summed E-state index contributed by atoms with van der Waals surface area (Å²) in [5.74, 6) is 2.07. The van der Waals surface area contributed by atoms with Crippen molar-refractivity contribution in [3.05, 3.63) is 0 Å². The molecule has 78 valence electrons. The van der Waals surface area contributed by atoms with Crippen LogP contribution in [-0.2, 0) is 9.53 Å². The molecule has 0 atom stereocenters. The topological polar surface area (TPSA) is 29.5 Å². The van der Waals surface area contributed by atoms with Crippen LogP contribution in [0.4, 0.5) is 0 Å². The third-order valence-corrected chi connectivity index (χ3v) is 2.66. The second-order valence-corrected chi connectivity index (χ2v) is 4.04. The molecule has 0 aromatic rings. The van der Waals surface area contributed by atoms with Crippen molar-refractivity contribution < 1.29 is 9.53 Å². The lowest BCUT2D eigenvalue weighted by atomic mass is 10.5. The second kappa shape index (κ2) is 8.38. The molecule has 0 bridgehead atoms. The molecule has 0 radical (unpaired) electrons. The van der Waals surface area contributed by atoms with Crippen LogP contribution in [0.25, 0.3) is 0 Å². The number of thioether (sulfide) groups is 1. The monoisotopic (exact) mass is 205 g/mol. The van der Waals surface area contributed by atoms with Crippen LogP contribution in [0.15, 0.2) is 0 Å². The van der Waals surface area contributed by atoms with E-state index < -0.39 is 0 Å². The Bertz CT molecular complexity index is 142. The van der Waals surface area contributed by atoms with Gasteiger partial charge in [0.25, 0.3) is 0 Å². The molecule has 0 unspecified atom stereocenters. The third kappa shape index (κ3) is 6.90. The third-order valence-electron chi connectivity index (χ3n) is 1.78. The summed E-state index contributed by atoms with van der Waals surface area (Å²) in [5.41, 5.74) is 0. The Labute approximate surface area is 84.8 Å². The Morgan fingerprint density at radius 2 is 2.15 bits per heavy atom. The molecule has 0 saturated carbocycles. The Hall–Kier alpha value is -0.220. The van der Waals surface area contributed by atoms with Gasteiger partial charge in [-0.1, -0.05) is 13.8 Å². The van der Waals surface area contributed by atoms with E-state index in [1.807, 2.05) is 11.8 Å². The number of hydrogen-bond acceptors (Lipinski definition) is 4. The average molecular weight is 205 g/mol. The number of hydrogen-bond donors (Lipinski definition) is 0. The summed E-state index contributed by atoms with van der Waals surface area (Å²) < 4.78 is 4.60. The Balaban J connectivity index is 3.56. The summed E-state index contributed by atoms with van der Waals surface area (Å²) in [4.78, 5) is 13.0. The minimum atomic E-state index is -0.150. The largest absolute Gasteiger partial charge is 0.468 e. The average Bonchev–Trinajstić information content (AvgIpc) is 2.16. The van der Waals surface area contributed by atoms with E-state index >= 15 is 0 Å². The van der Waals surface area contributed by atoms with Crippen LogP contribution in [0.3, 0.4) is 0 Å². The van der Waals surface area contributed by atoms with E-state index in [1.165, 1.54) is 7.11 Å². The number of carbonyl (C=O) groups excluding carboxylic acids is 1. The molecule has 0 N–H and O–H groups in total. The number of ether oxygens (including phenoxy) is 1. The number of nitrogens with zero attached hydrogens (tertiary/aromatic N) is 1. The van der Waals surface area contributed by atoms with Crippen LogP contribution in [0.5, 0.6) is 0 Å². The van der Waals surface area contributed by atoms with Crippen LogP contribution in [0, 0.1) is 0 Å². The zero-order valence-electron chi connectivity index (χ0n) is 8.71. The minimum Gasteiger partial charge on any atom is -0.468 e. The van der Waals surface area contributed by atoms with Crippen LogP contribution < -0.4 is 0 Å². The lowest BCUT2D eigenvalue weighted by Crippen LogP contribution is -2.32. The zero-order valence-corrected chi connectivity index (χ0v) is 9.52. The number of carbonyl (C=O) groups is 1. The number of methoxy groups -OCH3 is 1. The van der Waals surface area contributed by atoms with Crippen LogP contribution in [-0.4, -0.2) is 49.1 Å². The van der Waals surface area contributed by atoms with Gasteiger partial charge in [0.1, 0.15) is 0 Å². The fourth-order valence-corrected chi connectivity index (χ4v) is 1.61. The second-order valence-electron chi connectivity index (χ2n) is 2.64. The summed E-state index contributed by atoms with van der Waals surface area (Å²) >= 11 is 1.89. The van der Waals surface area contributed by atoms with Gasteiger partial charge in [-0.15, -0.1) is 0 Å². The van der Waals surface area contributed by atoms with E-state index in [0.29, 0.717) is 6.54 Å². The molecule has 0 aliphatic rings. The Morgan fingerprint density at radius 1 is 1.46 bits per heavy atom. The van der Waals surface area contributed by atoms with Crippen LogP contribution >= 0.6 is 11.8 Å². The number of likely N-dealkylation sites (N-methyl/N-ethyl adjacent to an activating group) is 1. The number of rotatable bonds is 7. The summed E-state index contributed by atoms with van der Waals surface area (Å²) in [6.45, 7) is 6.47. The normalized spacial score (nSPS) is 10.5. The van der Waals surface area contributed by atoms with Crippen molar-refractivity contribution in [1.82, 2.24) is 4.90 Å². The van der Waals surface area contributed by atoms with Crippen molar-refractivity contribution in [2.45, 2.75) is 13.8 Å². The summed E-state index contributed by atoms with van der Waals surface area (Å²) in [6, 6.07) is 0. The molecule has 13 heavy (non-hydrogen) atoms. The highest BCUT2D eigenvalue weighted by Gasteiger charge is 2.07. The van der Waals surface area contributed by atoms with E-state index in [0.717, 1.165) is 24.6 Å². The first kappa shape index (κ1) is 12.8. The predicted octanol–water partition coefficient (Wildman–Crippen LogP) is 1.23.